The van der Waals surface area contributed by atoms with Crippen LogP contribution in [0.1, 0.15) is 19.3 Å². The van der Waals surface area contributed by atoms with Crippen LogP contribution in [-0.4, -0.2) is 43.8 Å². The normalized spacial score (nSPS) is 32.4. The van der Waals surface area contributed by atoms with E-state index in [2.05, 4.69) is 10.6 Å². The summed E-state index contributed by atoms with van der Waals surface area (Å²) in [5.41, 5.74) is 0. The van der Waals surface area contributed by atoms with Crippen LogP contribution in [0.5, 0.6) is 0 Å². The van der Waals surface area contributed by atoms with Crippen molar-refractivity contribution in [2.24, 2.45) is 0 Å². The van der Waals surface area contributed by atoms with Crippen molar-refractivity contribution >= 4 is 21.7 Å². The average Bonchev–Trinajstić information content (AvgIpc) is 2.73. The maximum atomic E-state index is 11.6. The van der Waals surface area contributed by atoms with Gasteiger partial charge in [0.2, 0.25) is 11.8 Å². The summed E-state index contributed by atoms with van der Waals surface area (Å²) in [6.45, 7) is 0. The zero-order valence-corrected chi connectivity index (χ0v) is 9.55. The molecule has 2 rings (SSSR count). The molecular formula is C9H14N2O4S. The Morgan fingerprint density at radius 2 is 2.12 bits per heavy atom. The number of rotatable bonds is 2. The van der Waals surface area contributed by atoms with Crippen LogP contribution in [0.4, 0.5) is 0 Å². The fraction of sp³-hybridized carbons (Fsp3) is 0.778. The number of nitrogens with one attached hydrogen (secondary N) is 2. The van der Waals surface area contributed by atoms with Crippen molar-refractivity contribution < 1.29 is 18.0 Å². The van der Waals surface area contributed by atoms with Crippen LogP contribution in [0.2, 0.25) is 0 Å². The molecule has 0 aromatic heterocycles. The number of carbonyl (C=O) groups excluding carboxylic acids is 2. The first kappa shape index (κ1) is 11.4. The lowest BCUT2D eigenvalue weighted by atomic mass is 10.2. The summed E-state index contributed by atoms with van der Waals surface area (Å²) in [6, 6.07) is -0.786. The molecule has 2 aliphatic heterocycles. The number of hydrogen-bond acceptors (Lipinski definition) is 4. The molecule has 0 aromatic carbocycles. The van der Waals surface area contributed by atoms with Gasteiger partial charge in [-0.2, -0.15) is 0 Å². The second-order valence-corrected chi connectivity index (χ2v) is 6.50. The molecule has 2 atom stereocenters. The van der Waals surface area contributed by atoms with E-state index in [0.29, 0.717) is 19.3 Å². The largest absolute Gasteiger partial charge is 0.351 e. The SMILES string of the molecule is O=C1CCC(C(=O)NC2CCS(=O)(=O)C2)N1. The summed E-state index contributed by atoms with van der Waals surface area (Å²) in [5, 5.41) is 5.21. The van der Waals surface area contributed by atoms with E-state index >= 15 is 0 Å². The Kier molecular flexibility index (Phi) is 2.88. The van der Waals surface area contributed by atoms with Crippen molar-refractivity contribution in [3.8, 4) is 0 Å². The predicted molar refractivity (Wildman–Crippen MR) is 56.4 cm³/mol. The van der Waals surface area contributed by atoms with Crippen LogP contribution in [0.15, 0.2) is 0 Å². The summed E-state index contributed by atoms with van der Waals surface area (Å²) in [5.74, 6) is -0.249. The quantitative estimate of drug-likeness (QED) is 0.624. The highest BCUT2D eigenvalue weighted by Gasteiger charge is 2.33. The molecule has 2 saturated heterocycles. The Hall–Kier alpha value is -1.11. The number of hydrogen-bond donors (Lipinski definition) is 2. The van der Waals surface area contributed by atoms with Crippen LogP contribution in [0.3, 0.4) is 0 Å². The minimum absolute atomic E-state index is 0.0133. The molecule has 2 fully saturated rings. The maximum Gasteiger partial charge on any atom is 0.242 e. The van der Waals surface area contributed by atoms with Gasteiger partial charge >= 0.3 is 0 Å². The minimum Gasteiger partial charge on any atom is -0.351 e. The Morgan fingerprint density at radius 3 is 2.62 bits per heavy atom. The molecule has 0 aromatic rings. The minimum atomic E-state index is -2.98. The van der Waals surface area contributed by atoms with Gasteiger partial charge < -0.3 is 10.6 Å². The molecule has 0 saturated carbocycles. The van der Waals surface area contributed by atoms with Gasteiger partial charge in [0.25, 0.3) is 0 Å². The molecule has 16 heavy (non-hydrogen) atoms. The molecule has 0 radical (unpaired) electrons. The lowest BCUT2D eigenvalue weighted by molar-refractivity contribution is -0.126. The highest BCUT2D eigenvalue weighted by atomic mass is 32.2. The van der Waals surface area contributed by atoms with Gasteiger partial charge in [0.15, 0.2) is 9.84 Å². The molecule has 0 spiro atoms. The fourth-order valence-corrected chi connectivity index (χ4v) is 3.69. The van der Waals surface area contributed by atoms with Crippen molar-refractivity contribution in [3.63, 3.8) is 0 Å². The first-order valence-corrected chi connectivity index (χ1v) is 7.08. The highest BCUT2D eigenvalue weighted by molar-refractivity contribution is 7.91. The smallest absolute Gasteiger partial charge is 0.242 e. The molecule has 90 valence electrons. The van der Waals surface area contributed by atoms with Gasteiger partial charge in [-0.1, -0.05) is 0 Å². The van der Waals surface area contributed by atoms with E-state index in [1.807, 2.05) is 0 Å². The van der Waals surface area contributed by atoms with Crippen molar-refractivity contribution in [2.45, 2.75) is 31.3 Å². The molecule has 2 unspecified atom stereocenters. The van der Waals surface area contributed by atoms with Crippen LogP contribution in [0.25, 0.3) is 0 Å². The third-order valence-electron chi connectivity index (χ3n) is 2.89. The standard InChI is InChI=1S/C9H14N2O4S/c12-8-2-1-7(11-8)9(13)10-6-3-4-16(14,15)5-6/h6-7H,1-5H2,(H,10,13)(H,11,12). The second kappa shape index (κ2) is 4.04. The first-order chi connectivity index (χ1) is 7.46. The lowest BCUT2D eigenvalue weighted by Crippen LogP contribution is -2.46. The third-order valence-corrected chi connectivity index (χ3v) is 4.66. The molecule has 0 bridgehead atoms. The van der Waals surface area contributed by atoms with Gasteiger partial charge in [0.1, 0.15) is 6.04 Å². The average molecular weight is 246 g/mol. The van der Waals surface area contributed by atoms with Crippen molar-refractivity contribution in [3.05, 3.63) is 0 Å². The van der Waals surface area contributed by atoms with E-state index in [9.17, 15) is 18.0 Å². The summed E-state index contributed by atoms with van der Waals surface area (Å²) in [7, 11) is -2.98. The zero-order valence-electron chi connectivity index (χ0n) is 8.73. The second-order valence-electron chi connectivity index (χ2n) is 4.27. The number of amides is 2. The summed E-state index contributed by atoms with van der Waals surface area (Å²) in [6.07, 6.45) is 1.32. The van der Waals surface area contributed by atoms with Gasteiger partial charge in [0.05, 0.1) is 11.5 Å². The molecule has 0 aliphatic carbocycles. The Labute approximate surface area is 93.7 Å². The van der Waals surface area contributed by atoms with E-state index < -0.39 is 15.9 Å². The summed E-state index contributed by atoms with van der Waals surface area (Å²) in [4.78, 5) is 22.5. The fourth-order valence-electron chi connectivity index (χ4n) is 2.02. The maximum absolute atomic E-state index is 11.6. The van der Waals surface area contributed by atoms with Crippen molar-refractivity contribution in [1.82, 2.24) is 10.6 Å². The lowest BCUT2D eigenvalue weighted by Gasteiger charge is -2.14. The van der Waals surface area contributed by atoms with E-state index in [1.165, 1.54) is 0 Å². The molecular weight excluding hydrogens is 232 g/mol. The third kappa shape index (κ3) is 2.52. The van der Waals surface area contributed by atoms with Crippen LogP contribution in [-0.2, 0) is 19.4 Å². The van der Waals surface area contributed by atoms with Crippen molar-refractivity contribution in [2.75, 3.05) is 11.5 Å². The first-order valence-electron chi connectivity index (χ1n) is 5.26. The van der Waals surface area contributed by atoms with Gasteiger partial charge in [0, 0.05) is 12.5 Å². The monoisotopic (exact) mass is 246 g/mol. The number of carbonyl (C=O) groups is 2. The number of sulfone groups is 1. The van der Waals surface area contributed by atoms with Crippen molar-refractivity contribution in [1.29, 1.82) is 0 Å². The Balaban J connectivity index is 1.86. The van der Waals surface area contributed by atoms with Gasteiger partial charge in [-0.25, -0.2) is 8.42 Å². The zero-order chi connectivity index (χ0) is 11.8. The van der Waals surface area contributed by atoms with Gasteiger partial charge in [-0.3, -0.25) is 9.59 Å². The summed E-state index contributed by atoms with van der Waals surface area (Å²) >= 11 is 0. The van der Waals surface area contributed by atoms with Gasteiger partial charge in [-0.05, 0) is 12.8 Å². The Morgan fingerprint density at radius 1 is 1.38 bits per heavy atom. The molecule has 6 nitrogen and oxygen atoms in total. The van der Waals surface area contributed by atoms with E-state index in [4.69, 9.17) is 0 Å². The Bertz CT molecular complexity index is 417. The molecule has 2 N–H and O–H groups in total. The van der Waals surface area contributed by atoms with Crippen LogP contribution < -0.4 is 10.6 Å². The topological polar surface area (TPSA) is 92.3 Å². The van der Waals surface area contributed by atoms with E-state index in [-0.39, 0.29) is 29.4 Å². The van der Waals surface area contributed by atoms with Gasteiger partial charge in [-0.15, -0.1) is 0 Å². The van der Waals surface area contributed by atoms with E-state index in [0.717, 1.165) is 0 Å². The molecule has 2 aliphatic rings. The molecule has 7 heteroatoms. The van der Waals surface area contributed by atoms with E-state index in [1.54, 1.807) is 0 Å². The molecule has 2 heterocycles. The predicted octanol–water partition coefficient (Wildman–Crippen LogP) is -1.43. The molecule has 2 amide bonds. The summed E-state index contributed by atoms with van der Waals surface area (Å²) < 4.78 is 22.3. The van der Waals surface area contributed by atoms with Crippen LogP contribution >= 0.6 is 0 Å². The van der Waals surface area contributed by atoms with Crippen LogP contribution in [0, 0.1) is 0 Å². The highest BCUT2D eigenvalue weighted by Crippen LogP contribution is 2.13.